The SMILES string of the molecule is Cc1nc(/C=C/C(=O)Nc2snc(C)c2C(=O)O)cs1. The van der Waals surface area contributed by atoms with Gasteiger partial charge < -0.3 is 10.4 Å². The Hall–Kier alpha value is -2.06. The number of nitrogens with one attached hydrogen (secondary N) is 1. The molecule has 0 saturated heterocycles. The molecule has 0 unspecified atom stereocenters. The number of thiazole rings is 1. The van der Waals surface area contributed by atoms with Crippen molar-refractivity contribution in [3.63, 3.8) is 0 Å². The lowest BCUT2D eigenvalue weighted by Crippen LogP contribution is -2.10. The normalized spacial score (nSPS) is 10.9. The topological polar surface area (TPSA) is 92.2 Å². The molecule has 0 bridgehead atoms. The number of hydrogen-bond donors (Lipinski definition) is 2. The van der Waals surface area contributed by atoms with Gasteiger partial charge in [-0.25, -0.2) is 9.78 Å². The third kappa shape index (κ3) is 3.28. The Morgan fingerprint density at radius 2 is 2.15 bits per heavy atom. The number of carboxylic acids is 1. The number of aromatic nitrogens is 2. The molecule has 0 atom stereocenters. The highest BCUT2D eigenvalue weighted by molar-refractivity contribution is 7.11. The van der Waals surface area contributed by atoms with E-state index in [1.54, 1.807) is 13.0 Å². The number of aromatic carboxylic acids is 1. The summed E-state index contributed by atoms with van der Waals surface area (Å²) in [7, 11) is 0. The van der Waals surface area contributed by atoms with E-state index in [9.17, 15) is 9.59 Å². The number of carboxylic acid groups (broad SMARTS) is 1. The smallest absolute Gasteiger partial charge is 0.340 e. The third-order valence-electron chi connectivity index (χ3n) is 2.36. The van der Waals surface area contributed by atoms with E-state index >= 15 is 0 Å². The number of carbonyl (C=O) groups is 2. The van der Waals surface area contributed by atoms with E-state index in [-0.39, 0.29) is 10.6 Å². The second-order valence-corrected chi connectivity index (χ2v) is 5.73. The summed E-state index contributed by atoms with van der Waals surface area (Å²) in [6, 6.07) is 0. The standard InChI is InChI=1S/C12H11N3O3S2/c1-6-10(12(17)18)11(20-15-6)14-9(16)4-3-8-5-19-7(2)13-8/h3-5H,1-2H3,(H,14,16)(H,17,18)/b4-3+. The highest BCUT2D eigenvalue weighted by Gasteiger charge is 2.18. The van der Waals surface area contributed by atoms with Gasteiger partial charge in [-0.1, -0.05) is 0 Å². The van der Waals surface area contributed by atoms with Crippen molar-refractivity contribution in [1.82, 2.24) is 9.36 Å². The Labute approximate surface area is 123 Å². The molecule has 2 heterocycles. The van der Waals surface area contributed by atoms with E-state index in [2.05, 4.69) is 14.7 Å². The summed E-state index contributed by atoms with van der Waals surface area (Å²) in [6.07, 6.45) is 2.89. The first kappa shape index (κ1) is 14.4. The van der Waals surface area contributed by atoms with Crippen LogP contribution in [0.25, 0.3) is 6.08 Å². The zero-order valence-electron chi connectivity index (χ0n) is 10.7. The lowest BCUT2D eigenvalue weighted by atomic mass is 10.2. The molecule has 2 aromatic rings. The van der Waals surface area contributed by atoms with Crippen molar-refractivity contribution in [2.24, 2.45) is 0 Å². The molecular weight excluding hydrogens is 298 g/mol. The quantitative estimate of drug-likeness (QED) is 0.847. The molecule has 2 rings (SSSR count). The fourth-order valence-corrected chi connectivity index (χ4v) is 2.85. The Morgan fingerprint density at radius 3 is 2.75 bits per heavy atom. The van der Waals surface area contributed by atoms with Crippen molar-refractivity contribution in [1.29, 1.82) is 0 Å². The van der Waals surface area contributed by atoms with Crippen LogP contribution in [-0.2, 0) is 4.79 Å². The van der Waals surface area contributed by atoms with E-state index in [0.29, 0.717) is 11.4 Å². The molecule has 0 aliphatic carbocycles. The number of anilines is 1. The van der Waals surface area contributed by atoms with Crippen molar-refractivity contribution in [2.75, 3.05) is 5.32 Å². The van der Waals surface area contributed by atoms with Crippen molar-refractivity contribution in [3.8, 4) is 0 Å². The van der Waals surface area contributed by atoms with Crippen LogP contribution in [0, 0.1) is 13.8 Å². The van der Waals surface area contributed by atoms with Gasteiger partial charge in [-0.15, -0.1) is 11.3 Å². The second-order valence-electron chi connectivity index (χ2n) is 3.89. The lowest BCUT2D eigenvalue weighted by molar-refractivity contribution is -0.111. The lowest BCUT2D eigenvalue weighted by Gasteiger charge is -1.99. The van der Waals surface area contributed by atoms with Crippen molar-refractivity contribution < 1.29 is 14.7 Å². The molecule has 0 saturated carbocycles. The Morgan fingerprint density at radius 1 is 1.40 bits per heavy atom. The van der Waals surface area contributed by atoms with E-state index in [1.807, 2.05) is 12.3 Å². The van der Waals surface area contributed by atoms with Gasteiger partial charge in [0.1, 0.15) is 10.6 Å². The summed E-state index contributed by atoms with van der Waals surface area (Å²) in [5, 5.41) is 14.5. The molecule has 8 heteroatoms. The van der Waals surface area contributed by atoms with Crippen LogP contribution in [0.3, 0.4) is 0 Å². The maximum absolute atomic E-state index is 11.7. The summed E-state index contributed by atoms with van der Waals surface area (Å²) in [4.78, 5) is 27.0. The van der Waals surface area contributed by atoms with Crippen molar-refractivity contribution in [3.05, 3.63) is 33.4 Å². The van der Waals surface area contributed by atoms with Gasteiger partial charge >= 0.3 is 5.97 Å². The van der Waals surface area contributed by atoms with Crippen LogP contribution >= 0.6 is 22.9 Å². The van der Waals surface area contributed by atoms with E-state index in [0.717, 1.165) is 16.5 Å². The monoisotopic (exact) mass is 309 g/mol. The summed E-state index contributed by atoms with van der Waals surface area (Å²) in [6.45, 7) is 3.46. The molecule has 0 spiro atoms. The van der Waals surface area contributed by atoms with Crippen LogP contribution in [0.15, 0.2) is 11.5 Å². The number of rotatable bonds is 4. The van der Waals surface area contributed by atoms with Crippen LogP contribution < -0.4 is 5.32 Å². The fraction of sp³-hybridized carbons (Fsp3) is 0.167. The first-order valence-electron chi connectivity index (χ1n) is 5.58. The Bertz CT molecular complexity index is 688. The molecule has 2 aromatic heterocycles. The molecule has 0 aliphatic heterocycles. The first-order chi connectivity index (χ1) is 9.47. The molecule has 20 heavy (non-hydrogen) atoms. The molecular formula is C12H11N3O3S2. The van der Waals surface area contributed by atoms with Crippen LogP contribution in [0.5, 0.6) is 0 Å². The van der Waals surface area contributed by atoms with Crippen LogP contribution in [0.1, 0.15) is 26.8 Å². The largest absolute Gasteiger partial charge is 0.478 e. The third-order valence-corrected chi connectivity index (χ3v) is 4.00. The minimum Gasteiger partial charge on any atom is -0.478 e. The Kier molecular flexibility index (Phi) is 4.26. The molecule has 6 nitrogen and oxygen atoms in total. The summed E-state index contributed by atoms with van der Waals surface area (Å²) in [5.74, 6) is -1.52. The fourth-order valence-electron chi connectivity index (χ4n) is 1.48. The number of hydrogen-bond acceptors (Lipinski definition) is 6. The number of aryl methyl sites for hydroxylation is 2. The van der Waals surface area contributed by atoms with E-state index < -0.39 is 11.9 Å². The van der Waals surface area contributed by atoms with Gasteiger partial charge in [0, 0.05) is 11.5 Å². The second kappa shape index (κ2) is 5.93. The van der Waals surface area contributed by atoms with Crippen molar-refractivity contribution in [2.45, 2.75) is 13.8 Å². The van der Waals surface area contributed by atoms with Crippen molar-refractivity contribution >= 4 is 45.8 Å². The molecule has 0 aromatic carbocycles. The maximum Gasteiger partial charge on any atom is 0.340 e. The zero-order chi connectivity index (χ0) is 14.7. The van der Waals surface area contributed by atoms with Crippen LogP contribution in [0.2, 0.25) is 0 Å². The molecule has 0 radical (unpaired) electrons. The first-order valence-corrected chi connectivity index (χ1v) is 7.23. The molecule has 0 fully saturated rings. The number of carbonyl (C=O) groups excluding carboxylic acids is 1. The van der Waals surface area contributed by atoms with Gasteiger partial charge in [-0.05, 0) is 31.5 Å². The minimum absolute atomic E-state index is 0.0289. The predicted molar refractivity (Wildman–Crippen MR) is 78.3 cm³/mol. The predicted octanol–water partition coefficient (Wildman–Crippen LogP) is 2.57. The average Bonchev–Trinajstić information content (AvgIpc) is 2.93. The Balaban J connectivity index is 2.09. The van der Waals surface area contributed by atoms with Gasteiger partial charge in [-0.2, -0.15) is 4.37 Å². The molecule has 104 valence electrons. The van der Waals surface area contributed by atoms with E-state index in [1.165, 1.54) is 17.4 Å². The van der Waals surface area contributed by atoms with E-state index in [4.69, 9.17) is 5.11 Å². The van der Waals surface area contributed by atoms with Gasteiger partial charge in [0.05, 0.1) is 16.4 Å². The summed E-state index contributed by atoms with van der Waals surface area (Å²) < 4.78 is 3.92. The van der Waals surface area contributed by atoms with Gasteiger partial charge in [0.2, 0.25) is 5.91 Å². The zero-order valence-corrected chi connectivity index (χ0v) is 12.3. The maximum atomic E-state index is 11.7. The average molecular weight is 309 g/mol. The number of nitrogens with zero attached hydrogens (tertiary/aromatic N) is 2. The van der Waals surface area contributed by atoms with Gasteiger partial charge in [0.25, 0.3) is 0 Å². The molecule has 1 amide bonds. The number of amides is 1. The highest BCUT2D eigenvalue weighted by Crippen LogP contribution is 2.24. The molecule has 2 N–H and O–H groups in total. The highest BCUT2D eigenvalue weighted by atomic mass is 32.1. The summed E-state index contributed by atoms with van der Waals surface area (Å²) in [5.41, 5.74) is 1.11. The van der Waals surface area contributed by atoms with Gasteiger partial charge in [-0.3, -0.25) is 4.79 Å². The minimum atomic E-state index is -1.11. The molecule has 0 aliphatic rings. The van der Waals surface area contributed by atoms with Crippen LogP contribution in [-0.4, -0.2) is 26.3 Å². The van der Waals surface area contributed by atoms with Crippen LogP contribution in [0.4, 0.5) is 5.00 Å². The summed E-state index contributed by atoms with van der Waals surface area (Å²) >= 11 is 2.44. The van der Waals surface area contributed by atoms with Gasteiger partial charge in [0.15, 0.2) is 0 Å².